The second kappa shape index (κ2) is 8.62. The molecule has 0 saturated heterocycles. The van der Waals surface area contributed by atoms with Gasteiger partial charge in [0.05, 0.1) is 16.1 Å². The number of amides is 2. The minimum Gasteiger partial charge on any atom is -0.368 e. The van der Waals surface area contributed by atoms with Crippen LogP contribution < -0.4 is 11.1 Å². The number of nitro groups is 1. The van der Waals surface area contributed by atoms with Crippen molar-refractivity contribution in [3.63, 3.8) is 0 Å². The Morgan fingerprint density at radius 2 is 1.45 bits per heavy atom. The van der Waals surface area contributed by atoms with E-state index in [-0.39, 0.29) is 30.3 Å². The molecule has 3 N–H and O–H groups in total. The van der Waals surface area contributed by atoms with Crippen molar-refractivity contribution in [3.05, 3.63) is 74.8 Å². The van der Waals surface area contributed by atoms with Crippen molar-refractivity contribution in [2.75, 3.05) is 0 Å². The van der Waals surface area contributed by atoms with Crippen molar-refractivity contribution in [1.82, 2.24) is 5.32 Å². The normalized spacial score (nSPS) is 12.8. The first-order valence-corrected chi connectivity index (χ1v) is 8.31. The molecule has 0 heterocycles. The van der Waals surface area contributed by atoms with Crippen molar-refractivity contribution in [2.45, 2.75) is 24.8 Å². The van der Waals surface area contributed by atoms with Gasteiger partial charge in [0.2, 0.25) is 5.91 Å². The molecular formula is C18H13F6N3O4. The third kappa shape index (κ3) is 6.17. The molecule has 31 heavy (non-hydrogen) atoms. The fourth-order valence-electron chi connectivity index (χ4n) is 2.54. The fraction of sp³-hybridized carbons (Fsp3) is 0.222. The smallest absolute Gasteiger partial charge is 0.368 e. The lowest BCUT2D eigenvalue weighted by Gasteiger charge is -2.18. The van der Waals surface area contributed by atoms with Crippen LogP contribution in [0.5, 0.6) is 0 Å². The highest BCUT2D eigenvalue weighted by atomic mass is 19.4. The maximum atomic E-state index is 12.9. The van der Waals surface area contributed by atoms with Gasteiger partial charge >= 0.3 is 12.4 Å². The van der Waals surface area contributed by atoms with Crippen LogP contribution in [0, 0.1) is 10.1 Å². The van der Waals surface area contributed by atoms with Crippen LogP contribution in [0.2, 0.25) is 0 Å². The number of nitrogens with zero attached hydrogens (tertiary/aromatic N) is 1. The van der Waals surface area contributed by atoms with Gasteiger partial charge in [0.25, 0.3) is 11.6 Å². The zero-order valence-electron chi connectivity index (χ0n) is 15.3. The van der Waals surface area contributed by atoms with E-state index in [1.54, 1.807) is 0 Å². The van der Waals surface area contributed by atoms with E-state index in [0.29, 0.717) is 5.56 Å². The monoisotopic (exact) mass is 449 g/mol. The van der Waals surface area contributed by atoms with Crippen LogP contribution in [0.1, 0.15) is 27.0 Å². The second-order valence-electron chi connectivity index (χ2n) is 6.35. The van der Waals surface area contributed by atoms with Crippen LogP contribution in [0.4, 0.5) is 32.0 Å². The maximum Gasteiger partial charge on any atom is 0.416 e. The number of hydrogen-bond donors (Lipinski definition) is 2. The molecule has 13 heteroatoms. The maximum absolute atomic E-state index is 12.9. The number of nitrogens with one attached hydrogen (secondary N) is 1. The zero-order chi connectivity index (χ0) is 23.6. The minimum atomic E-state index is -5.15. The Morgan fingerprint density at radius 1 is 0.968 bits per heavy atom. The first-order valence-electron chi connectivity index (χ1n) is 8.31. The molecule has 0 spiro atoms. The number of carbonyl (C=O) groups is 2. The average molecular weight is 449 g/mol. The second-order valence-corrected chi connectivity index (χ2v) is 6.35. The standard InChI is InChI=1S/C18H13F6N3O4/c19-17(20,21)11-6-10(7-12(8-11)18(22,23)24)16(29)26-14(15(25)28)5-9-1-3-13(4-2-9)27(30)31/h1-4,6-8,14H,5H2,(H2,25,28)(H,26,29)/t14-/m0/s1. The van der Waals surface area contributed by atoms with E-state index in [2.05, 4.69) is 0 Å². The molecule has 0 radical (unpaired) electrons. The first-order chi connectivity index (χ1) is 14.2. The summed E-state index contributed by atoms with van der Waals surface area (Å²) in [7, 11) is 0. The number of rotatable bonds is 6. The number of halogens is 6. The van der Waals surface area contributed by atoms with E-state index < -0.39 is 51.8 Å². The Kier molecular flexibility index (Phi) is 6.57. The van der Waals surface area contributed by atoms with Crippen molar-refractivity contribution in [3.8, 4) is 0 Å². The van der Waals surface area contributed by atoms with E-state index in [9.17, 15) is 46.0 Å². The number of nitro benzene ring substituents is 1. The molecule has 166 valence electrons. The highest BCUT2D eigenvalue weighted by Crippen LogP contribution is 2.36. The molecule has 2 amide bonds. The van der Waals surface area contributed by atoms with Gasteiger partial charge in [-0.1, -0.05) is 12.1 Å². The minimum absolute atomic E-state index is 0.140. The molecule has 0 aliphatic carbocycles. The van der Waals surface area contributed by atoms with Gasteiger partial charge in [-0.2, -0.15) is 26.3 Å². The Labute approximate surface area is 170 Å². The molecule has 0 bridgehead atoms. The molecule has 0 unspecified atom stereocenters. The number of carbonyl (C=O) groups excluding carboxylic acids is 2. The van der Waals surface area contributed by atoms with Gasteiger partial charge in [-0.3, -0.25) is 19.7 Å². The molecular weight excluding hydrogens is 436 g/mol. The van der Waals surface area contributed by atoms with Crippen LogP contribution in [-0.4, -0.2) is 22.8 Å². The molecule has 2 aromatic carbocycles. The van der Waals surface area contributed by atoms with Gasteiger partial charge in [-0.25, -0.2) is 0 Å². The van der Waals surface area contributed by atoms with Crippen LogP contribution in [-0.2, 0) is 23.6 Å². The number of benzene rings is 2. The average Bonchev–Trinajstić information content (AvgIpc) is 2.66. The quantitative estimate of drug-likeness (QED) is 0.399. The number of nitrogens with two attached hydrogens (primary N) is 1. The van der Waals surface area contributed by atoms with Crippen molar-refractivity contribution in [1.29, 1.82) is 0 Å². The van der Waals surface area contributed by atoms with Crippen molar-refractivity contribution >= 4 is 17.5 Å². The van der Waals surface area contributed by atoms with E-state index in [0.717, 1.165) is 12.1 Å². The summed E-state index contributed by atoms with van der Waals surface area (Å²) in [5.41, 5.74) is 0.842. The van der Waals surface area contributed by atoms with Gasteiger partial charge in [-0.05, 0) is 23.8 Å². The summed E-state index contributed by atoms with van der Waals surface area (Å²) in [6.45, 7) is 0. The molecule has 0 aliphatic rings. The first kappa shape index (κ1) is 23.6. The third-order valence-electron chi connectivity index (χ3n) is 4.09. The number of hydrogen-bond acceptors (Lipinski definition) is 4. The third-order valence-corrected chi connectivity index (χ3v) is 4.09. The number of non-ortho nitro benzene ring substituents is 1. The number of primary amides is 1. The summed E-state index contributed by atoms with van der Waals surface area (Å²) in [6, 6.07) is 3.52. The SMILES string of the molecule is NC(=O)[C@H](Cc1ccc([N+](=O)[O-])cc1)NC(=O)c1cc(C(F)(F)F)cc(C(F)(F)F)c1. The Balaban J connectivity index is 2.31. The van der Waals surface area contributed by atoms with E-state index in [1.165, 1.54) is 12.1 Å². The van der Waals surface area contributed by atoms with Crippen LogP contribution in [0.25, 0.3) is 0 Å². The summed E-state index contributed by atoms with van der Waals surface area (Å²) < 4.78 is 77.7. The largest absolute Gasteiger partial charge is 0.416 e. The molecule has 2 aromatic rings. The van der Waals surface area contributed by atoms with Crippen molar-refractivity contribution < 1.29 is 40.9 Å². The van der Waals surface area contributed by atoms with Gasteiger partial charge in [0, 0.05) is 24.1 Å². The molecule has 0 aromatic heterocycles. The molecule has 0 fully saturated rings. The molecule has 1 atom stereocenters. The van der Waals surface area contributed by atoms with Gasteiger partial charge in [-0.15, -0.1) is 0 Å². The zero-order valence-corrected chi connectivity index (χ0v) is 15.3. The summed E-state index contributed by atoms with van der Waals surface area (Å²) in [4.78, 5) is 33.9. The highest BCUT2D eigenvalue weighted by molar-refractivity contribution is 5.97. The molecule has 7 nitrogen and oxygen atoms in total. The summed E-state index contributed by atoms with van der Waals surface area (Å²) in [6.07, 6.45) is -10.6. The topological polar surface area (TPSA) is 115 Å². The van der Waals surface area contributed by atoms with Gasteiger partial charge in [0.1, 0.15) is 6.04 Å². The van der Waals surface area contributed by atoms with Gasteiger partial charge < -0.3 is 11.1 Å². The van der Waals surface area contributed by atoms with Crippen LogP contribution in [0.15, 0.2) is 42.5 Å². The van der Waals surface area contributed by atoms with Gasteiger partial charge in [0.15, 0.2) is 0 Å². The number of alkyl halides is 6. The lowest BCUT2D eigenvalue weighted by molar-refractivity contribution is -0.384. The molecule has 0 saturated carbocycles. The fourth-order valence-corrected chi connectivity index (χ4v) is 2.54. The predicted octanol–water partition coefficient (Wildman–Crippen LogP) is 3.46. The van der Waals surface area contributed by atoms with Crippen LogP contribution in [0.3, 0.4) is 0 Å². The summed E-state index contributed by atoms with van der Waals surface area (Å²) in [5, 5.41) is 12.6. The van der Waals surface area contributed by atoms with E-state index >= 15 is 0 Å². The Morgan fingerprint density at radius 3 is 1.84 bits per heavy atom. The molecule has 0 aliphatic heterocycles. The molecule has 2 rings (SSSR count). The summed E-state index contributed by atoms with van der Waals surface area (Å²) in [5.74, 6) is -2.50. The lowest BCUT2D eigenvalue weighted by atomic mass is 10.0. The van der Waals surface area contributed by atoms with E-state index in [4.69, 9.17) is 5.73 Å². The van der Waals surface area contributed by atoms with Crippen LogP contribution >= 0.6 is 0 Å². The van der Waals surface area contributed by atoms with Crippen molar-refractivity contribution in [2.24, 2.45) is 5.73 Å². The summed E-state index contributed by atoms with van der Waals surface area (Å²) >= 11 is 0. The lowest BCUT2D eigenvalue weighted by Crippen LogP contribution is -2.46. The predicted molar refractivity (Wildman–Crippen MR) is 93.7 cm³/mol. The Bertz CT molecular complexity index is 971. The van der Waals surface area contributed by atoms with E-state index in [1.807, 2.05) is 5.32 Å². The Hall–Kier alpha value is -3.64. The highest BCUT2D eigenvalue weighted by Gasteiger charge is 2.37.